The van der Waals surface area contributed by atoms with Gasteiger partial charge in [0.05, 0.1) is 7.11 Å². The second-order valence-electron chi connectivity index (χ2n) is 7.53. The molecule has 2 aromatic rings. The van der Waals surface area contributed by atoms with Gasteiger partial charge in [-0.25, -0.2) is 4.79 Å². The molecule has 0 bridgehead atoms. The van der Waals surface area contributed by atoms with Crippen LogP contribution in [0.15, 0.2) is 54.6 Å². The van der Waals surface area contributed by atoms with E-state index in [1.807, 2.05) is 53.4 Å². The Hall–Kier alpha value is -3.02. The van der Waals surface area contributed by atoms with E-state index < -0.39 is 6.09 Å². The molecule has 1 atom stereocenters. The Labute approximate surface area is 178 Å². The standard InChI is InChI=1S/C24H30N2O4/c1-29-22-12-5-10-20(17-22)16-21-11-7-15-26(21)23(27)13-6-14-25-24(28)30-18-19-8-3-2-4-9-19/h2-5,8-10,12,17,21H,6-7,11,13-16,18H2,1H3,(H,25,28). The molecule has 6 heteroatoms. The minimum absolute atomic E-state index is 0.153. The van der Waals surface area contributed by atoms with E-state index in [0.717, 1.165) is 37.1 Å². The molecule has 3 rings (SSSR count). The molecular formula is C24H30N2O4. The summed E-state index contributed by atoms with van der Waals surface area (Å²) in [6.45, 7) is 1.47. The van der Waals surface area contributed by atoms with Crippen molar-refractivity contribution in [3.63, 3.8) is 0 Å². The first-order chi connectivity index (χ1) is 14.7. The first-order valence-corrected chi connectivity index (χ1v) is 10.5. The van der Waals surface area contributed by atoms with Crippen LogP contribution in [0.3, 0.4) is 0 Å². The zero-order chi connectivity index (χ0) is 21.2. The van der Waals surface area contributed by atoms with Crippen LogP contribution in [0.1, 0.15) is 36.8 Å². The Kier molecular flexibility index (Phi) is 8.12. The lowest BCUT2D eigenvalue weighted by Gasteiger charge is -2.25. The number of benzene rings is 2. The number of ether oxygens (including phenoxy) is 2. The molecular weight excluding hydrogens is 380 g/mol. The molecule has 1 N–H and O–H groups in total. The average Bonchev–Trinajstić information content (AvgIpc) is 3.24. The van der Waals surface area contributed by atoms with Gasteiger partial charge in [-0.3, -0.25) is 4.79 Å². The minimum atomic E-state index is -0.455. The van der Waals surface area contributed by atoms with Crippen molar-refractivity contribution >= 4 is 12.0 Å². The maximum absolute atomic E-state index is 12.7. The summed E-state index contributed by atoms with van der Waals surface area (Å²) < 4.78 is 10.5. The molecule has 1 aliphatic rings. The average molecular weight is 411 g/mol. The predicted molar refractivity (Wildman–Crippen MR) is 115 cm³/mol. The fourth-order valence-electron chi connectivity index (χ4n) is 3.80. The van der Waals surface area contributed by atoms with E-state index in [4.69, 9.17) is 9.47 Å². The Morgan fingerprint density at radius 3 is 2.70 bits per heavy atom. The third-order valence-electron chi connectivity index (χ3n) is 5.35. The van der Waals surface area contributed by atoms with Crippen molar-refractivity contribution in [3.8, 4) is 5.75 Å². The first kappa shape index (κ1) is 21.7. The molecule has 0 spiro atoms. The van der Waals surface area contributed by atoms with Gasteiger partial charge in [-0.2, -0.15) is 0 Å². The lowest BCUT2D eigenvalue weighted by Crippen LogP contribution is -2.37. The number of carbonyl (C=O) groups excluding carboxylic acids is 2. The van der Waals surface area contributed by atoms with Crippen LogP contribution in [0, 0.1) is 0 Å². The highest BCUT2D eigenvalue weighted by Crippen LogP contribution is 2.24. The number of rotatable bonds is 9. The molecule has 6 nitrogen and oxygen atoms in total. The zero-order valence-corrected chi connectivity index (χ0v) is 17.5. The van der Waals surface area contributed by atoms with Gasteiger partial charge in [0.15, 0.2) is 0 Å². The number of carbonyl (C=O) groups is 2. The largest absolute Gasteiger partial charge is 0.497 e. The van der Waals surface area contributed by atoms with Crippen molar-refractivity contribution in [2.24, 2.45) is 0 Å². The van der Waals surface area contributed by atoms with Crippen LogP contribution in [-0.4, -0.2) is 43.1 Å². The van der Waals surface area contributed by atoms with Gasteiger partial charge in [0.2, 0.25) is 5.91 Å². The summed E-state index contributed by atoms with van der Waals surface area (Å²) in [5, 5.41) is 2.72. The van der Waals surface area contributed by atoms with Gasteiger partial charge in [-0.1, -0.05) is 42.5 Å². The Morgan fingerprint density at radius 1 is 1.10 bits per heavy atom. The van der Waals surface area contributed by atoms with Crippen LogP contribution in [0.2, 0.25) is 0 Å². The summed E-state index contributed by atoms with van der Waals surface area (Å²) in [5.74, 6) is 0.994. The molecule has 1 unspecified atom stereocenters. The summed E-state index contributed by atoms with van der Waals surface area (Å²) in [4.78, 5) is 26.5. The van der Waals surface area contributed by atoms with Crippen LogP contribution < -0.4 is 10.1 Å². The predicted octanol–water partition coefficient (Wildman–Crippen LogP) is 3.94. The third-order valence-corrected chi connectivity index (χ3v) is 5.35. The normalized spacial score (nSPS) is 15.6. The smallest absolute Gasteiger partial charge is 0.407 e. The molecule has 2 amide bonds. The van der Waals surface area contributed by atoms with Crippen LogP contribution >= 0.6 is 0 Å². The summed E-state index contributed by atoms with van der Waals surface area (Å²) in [7, 11) is 1.66. The summed E-state index contributed by atoms with van der Waals surface area (Å²) in [6.07, 6.45) is 3.46. The quantitative estimate of drug-likeness (QED) is 0.636. The van der Waals surface area contributed by atoms with Crippen LogP contribution in [0.4, 0.5) is 4.79 Å². The van der Waals surface area contributed by atoms with Crippen LogP contribution in [-0.2, 0) is 22.6 Å². The number of nitrogens with one attached hydrogen (secondary N) is 1. The number of amides is 2. The molecule has 1 fully saturated rings. The topological polar surface area (TPSA) is 67.9 Å². The van der Waals surface area contributed by atoms with Gasteiger partial charge < -0.3 is 19.7 Å². The number of hydrogen-bond donors (Lipinski definition) is 1. The second-order valence-corrected chi connectivity index (χ2v) is 7.53. The second kappa shape index (κ2) is 11.2. The molecule has 1 aliphatic heterocycles. The van der Waals surface area contributed by atoms with Crippen molar-refractivity contribution in [2.45, 2.75) is 44.8 Å². The van der Waals surface area contributed by atoms with Gasteiger partial charge in [0.25, 0.3) is 0 Å². The summed E-state index contributed by atoms with van der Waals surface area (Å²) in [6, 6.07) is 17.8. The lowest BCUT2D eigenvalue weighted by molar-refractivity contribution is -0.132. The monoisotopic (exact) mass is 410 g/mol. The van der Waals surface area contributed by atoms with E-state index in [1.165, 1.54) is 5.56 Å². The molecule has 160 valence electrons. The van der Waals surface area contributed by atoms with E-state index in [-0.39, 0.29) is 18.6 Å². The van der Waals surface area contributed by atoms with Crippen molar-refractivity contribution in [1.29, 1.82) is 0 Å². The maximum Gasteiger partial charge on any atom is 0.407 e. The van der Waals surface area contributed by atoms with Crippen LogP contribution in [0.25, 0.3) is 0 Å². The maximum atomic E-state index is 12.7. The van der Waals surface area contributed by atoms with E-state index in [9.17, 15) is 9.59 Å². The van der Waals surface area contributed by atoms with E-state index in [0.29, 0.717) is 19.4 Å². The van der Waals surface area contributed by atoms with Gasteiger partial charge in [-0.05, 0) is 48.9 Å². The Morgan fingerprint density at radius 2 is 1.90 bits per heavy atom. The third kappa shape index (κ3) is 6.51. The van der Waals surface area contributed by atoms with Gasteiger partial charge in [-0.15, -0.1) is 0 Å². The Balaban J connectivity index is 1.37. The highest BCUT2D eigenvalue weighted by Gasteiger charge is 2.28. The van der Waals surface area contributed by atoms with Gasteiger partial charge in [0.1, 0.15) is 12.4 Å². The number of likely N-dealkylation sites (tertiary alicyclic amines) is 1. The zero-order valence-electron chi connectivity index (χ0n) is 17.5. The fourth-order valence-corrected chi connectivity index (χ4v) is 3.80. The number of methoxy groups -OCH3 is 1. The molecule has 2 aromatic carbocycles. The van der Waals surface area contributed by atoms with E-state index in [2.05, 4.69) is 11.4 Å². The molecule has 0 radical (unpaired) electrons. The van der Waals surface area contributed by atoms with Crippen LogP contribution in [0.5, 0.6) is 5.75 Å². The van der Waals surface area contributed by atoms with Crippen molar-refractivity contribution < 1.29 is 19.1 Å². The number of alkyl carbamates (subject to hydrolysis) is 1. The lowest BCUT2D eigenvalue weighted by atomic mass is 10.0. The fraction of sp³-hybridized carbons (Fsp3) is 0.417. The molecule has 30 heavy (non-hydrogen) atoms. The van der Waals surface area contributed by atoms with Crippen molar-refractivity contribution in [1.82, 2.24) is 10.2 Å². The highest BCUT2D eigenvalue weighted by molar-refractivity contribution is 5.77. The number of hydrogen-bond acceptors (Lipinski definition) is 4. The van der Waals surface area contributed by atoms with Crippen molar-refractivity contribution in [2.75, 3.05) is 20.2 Å². The van der Waals surface area contributed by atoms with E-state index >= 15 is 0 Å². The Bertz CT molecular complexity index is 825. The molecule has 0 aliphatic carbocycles. The molecule has 0 saturated carbocycles. The van der Waals surface area contributed by atoms with Gasteiger partial charge in [0, 0.05) is 25.6 Å². The molecule has 1 heterocycles. The molecule has 0 aromatic heterocycles. The van der Waals surface area contributed by atoms with Gasteiger partial charge >= 0.3 is 6.09 Å². The first-order valence-electron chi connectivity index (χ1n) is 10.5. The highest BCUT2D eigenvalue weighted by atomic mass is 16.5. The number of nitrogens with zero attached hydrogens (tertiary/aromatic N) is 1. The summed E-state index contributed by atoms with van der Waals surface area (Å²) in [5.41, 5.74) is 2.13. The molecule has 1 saturated heterocycles. The minimum Gasteiger partial charge on any atom is -0.497 e. The SMILES string of the molecule is COc1cccc(CC2CCCN2C(=O)CCCNC(=O)OCc2ccccc2)c1. The van der Waals surface area contributed by atoms with Crippen molar-refractivity contribution in [3.05, 3.63) is 65.7 Å². The summed E-state index contributed by atoms with van der Waals surface area (Å²) >= 11 is 0. The van der Waals surface area contributed by atoms with E-state index in [1.54, 1.807) is 7.11 Å².